The van der Waals surface area contributed by atoms with Gasteiger partial charge in [0.15, 0.2) is 5.96 Å². The Morgan fingerprint density at radius 1 is 1.16 bits per heavy atom. The van der Waals surface area contributed by atoms with Gasteiger partial charge in [0.1, 0.15) is 0 Å². The van der Waals surface area contributed by atoms with Crippen molar-refractivity contribution in [2.24, 2.45) is 4.99 Å². The first-order valence-corrected chi connectivity index (χ1v) is 8.78. The van der Waals surface area contributed by atoms with Crippen molar-refractivity contribution in [2.75, 3.05) is 20.1 Å². The number of nitro benzene ring substituents is 1. The second-order valence-electron chi connectivity index (χ2n) is 6.55. The van der Waals surface area contributed by atoms with E-state index in [1.165, 1.54) is 12.1 Å². The molecular weight excluding hydrogens is 318 g/mol. The molecule has 0 aliphatic carbocycles. The summed E-state index contributed by atoms with van der Waals surface area (Å²) >= 11 is 0. The summed E-state index contributed by atoms with van der Waals surface area (Å²) in [5.74, 6) is 0.735. The number of rotatable bonds is 9. The molecule has 0 spiro atoms. The molecule has 7 nitrogen and oxygen atoms in total. The molecule has 140 valence electrons. The quantitative estimate of drug-likeness (QED) is 0.235. The number of nitro groups is 1. The van der Waals surface area contributed by atoms with Crippen molar-refractivity contribution in [1.29, 1.82) is 0 Å². The largest absolute Gasteiger partial charge is 0.356 e. The van der Waals surface area contributed by atoms with Crippen LogP contribution in [-0.2, 0) is 6.54 Å². The molecule has 1 aromatic carbocycles. The molecule has 0 aromatic heterocycles. The number of non-ortho nitro benzene ring substituents is 1. The van der Waals surface area contributed by atoms with Gasteiger partial charge in [0.05, 0.1) is 4.92 Å². The van der Waals surface area contributed by atoms with Crippen LogP contribution >= 0.6 is 0 Å². The maximum atomic E-state index is 10.7. The van der Waals surface area contributed by atoms with Gasteiger partial charge in [-0.15, -0.1) is 0 Å². The van der Waals surface area contributed by atoms with Crippen molar-refractivity contribution in [3.63, 3.8) is 0 Å². The molecule has 7 heteroatoms. The number of guanidine groups is 1. The topological polar surface area (TPSA) is 82.8 Å². The summed E-state index contributed by atoms with van der Waals surface area (Å²) in [6.07, 6.45) is 1.04. The van der Waals surface area contributed by atoms with Gasteiger partial charge in [-0.2, -0.15) is 0 Å². The van der Waals surface area contributed by atoms with E-state index >= 15 is 0 Å². The highest BCUT2D eigenvalue weighted by molar-refractivity contribution is 5.79. The van der Waals surface area contributed by atoms with E-state index in [9.17, 15) is 10.1 Å². The van der Waals surface area contributed by atoms with Crippen LogP contribution in [-0.4, -0.2) is 48.0 Å². The molecule has 0 fully saturated rings. The van der Waals surface area contributed by atoms with Gasteiger partial charge in [0.25, 0.3) is 5.69 Å². The predicted octanol–water partition coefficient (Wildman–Crippen LogP) is 2.77. The predicted molar refractivity (Wildman–Crippen MR) is 103 cm³/mol. The van der Waals surface area contributed by atoms with Gasteiger partial charge in [-0.1, -0.05) is 12.1 Å². The van der Waals surface area contributed by atoms with Gasteiger partial charge in [0, 0.05) is 50.9 Å². The third-order valence-corrected chi connectivity index (χ3v) is 4.04. The zero-order chi connectivity index (χ0) is 18.8. The van der Waals surface area contributed by atoms with Crippen LogP contribution in [0.5, 0.6) is 0 Å². The second kappa shape index (κ2) is 10.7. The molecule has 0 saturated heterocycles. The van der Waals surface area contributed by atoms with Crippen molar-refractivity contribution < 1.29 is 4.92 Å². The third kappa shape index (κ3) is 7.51. The van der Waals surface area contributed by atoms with E-state index in [-0.39, 0.29) is 5.69 Å². The molecule has 0 heterocycles. The monoisotopic (exact) mass is 349 g/mol. The summed E-state index contributed by atoms with van der Waals surface area (Å²) in [7, 11) is 1.74. The minimum absolute atomic E-state index is 0.103. The zero-order valence-corrected chi connectivity index (χ0v) is 16.0. The Morgan fingerprint density at radius 3 is 2.24 bits per heavy atom. The first-order chi connectivity index (χ1) is 11.8. The van der Waals surface area contributed by atoms with E-state index < -0.39 is 4.92 Å². The highest BCUT2D eigenvalue weighted by Crippen LogP contribution is 2.11. The number of hydrogen-bond acceptors (Lipinski definition) is 4. The Hall–Kier alpha value is -2.15. The summed E-state index contributed by atoms with van der Waals surface area (Å²) in [5, 5.41) is 17.2. The lowest BCUT2D eigenvalue weighted by Crippen LogP contribution is -2.41. The number of nitrogens with one attached hydrogen (secondary N) is 2. The fourth-order valence-electron chi connectivity index (χ4n) is 2.72. The summed E-state index contributed by atoms with van der Waals surface area (Å²) in [4.78, 5) is 16.9. The lowest BCUT2D eigenvalue weighted by molar-refractivity contribution is -0.384. The van der Waals surface area contributed by atoms with Crippen molar-refractivity contribution in [2.45, 2.75) is 52.7 Å². The third-order valence-electron chi connectivity index (χ3n) is 4.04. The molecule has 0 atom stereocenters. The van der Waals surface area contributed by atoms with Crippen LogP contribution in [0, 0.1) is 10.1 Å². The van der Waals surface area contributed by atoms with Crippen molar-refractivity contribution in [1.82, 2.24) is 15.5 Å². The average molecular weight is 349 g/mol. The van der Waals surface area contributed by atoms with Gasteiger partial charge in [-0.05, 0) is 39.7 Å². The van der Waals surface area contributed by atoms with Crippen LogP contribution in [0.25, 0.3) is 0 Å². The van der Waals surface area contributed by atoms with Crippen molar-refractivity contribution >= 4 is 11.6 Å². The molecule has 0 aliphatic rings. The fraction of sp³-hybridized carbons (Fsp3) is 0.611. The molecule has 0 saturated carbocycles. The molecule has 0 aliphatic heterocycles. The smallest absolute Gasteiger partial charge is 0.269 e. The molecule has 0 unspecified atom stereocenters. The number of benzene rings is 1. The van der Waals surface area contributed by atoms with Crippen LogP contribution in [0.15, 0.2) is 29.3 Å². The summed E-state index contributed by atoms with van der Waals surface area (Å²) in [5.41, 5.74) is 1.07. The lowest BCUT2D eigenvalue weighted by atomic mass is 10.2. The van der Waals surface area contributed by atoms with Gasteiger partial charge in [-0.25, -0.2) is 0 Å². The molecule has 0 amide bonds. The molecule has 0 bridgehead atoms. The van der Waals surface area contributed by atoms with E-state index in [2.05, 4.69) is 48.2 Å². The van der Waals surface area contributed by atoms with Crippen LogP contribution in [0.2, 0.25) is 0 Å². The van der Waals surface area contributed by atoms with Gasteiger partial charge >= 0.3 is 0 Å². The van der Waals surface area contributed by atoms with E-state index in [0.29, 0.717) is 18.6 Å². The molecule has 0 radical (unpaired) electrons. The van der Waals surface area contributed by atoms with Gasteiger partial charge in [-0.3, -0.25) is 20.0 Å². The normalized spacial score (nSPS) is 12.1. The van der Waals surface area contributed by atoms with Gasteiger partial charge in [0.2, 0.25) is 0 Å². The highest BCUT2D eigenvalue weighted by Gasteiger charge is 2.12. The molecule has 1 rings (SSSR count). The molecule has 2 N–H and O–H groups in total. The SMILES string of the molecule is CN=C(NCCCN(C(C)C)C(C)C)NCc1ccc([N+](=O)[O-])cc1. The van der Waals surface area contributed by atoms with Crippen molar-refractivity contribution in [3.8, 4) is 0 Å². The van der Waals surface area contributed by atoms with E-state index in [0.717, 1.165) is 31.0 Å². The van der Waals surface area contributed by atoms with E-state index in [1.54, 1.807) is 19.2 Å². The number of aliphatic imine (C=N–C) groups is 1. The minimum Gasteiger partial charge on any atom is -0.356 e. The van der Waals surface area contributed by atoms with E-state index in [1.807, 2.05) is 0 Å². The standard InChI is InChI=1S/C18H31N5O2/c1-14(2)22(15(3)4)12-6-11-20-18(19-5)21-13-16-7-9-17(10-8-16)23(24)25/h7-10,14-15H,6,11-13H2,1-5H3,(H2,19,20,21). The van der Waals surface area contributed by atoms with Crippen LogP contribution < -0.4 is 10.6 Å². The molecule has 1 aromatic rings. The summed E-state index contributed by atoms with van der Waals surface area (Å²) < 4.78 is 0. The Bertz CT molecular complexity index is 547. The number of nitrogens with zero attached hydrogens (tertiary/aromatic N) is 3. The summed E-state index contributed by atoms with van der Waals surface area (Å²) in [6.45, 7) is 11.3. The first-order valence-electron chi connectivity index (χ1n) is 8.78. The van der Waals surface area contributed by atoms with Crippen LogP contribution in [0.1, 0.15) is 39.7 Å². The lowest BCUT2D eigenvalue weighted by Gasteiger charge is -2.30. The Balaban J connectivity index is 2.36. The minimum atomic E-state index is -0.394. The molecule has 25 heavy (non-hydrogen) atoms. The van der Waals surface area contributed by atoms with Crippen LogP contribution in [0.4, 0.5) is 5.69 Å². The molecular formula is C18H31N5O2. The van der Waals surface area contributed by atoms with Crippen molar-refractivity contribution in [3.05, 3.63) is 39.9 Å². The van der Waals surface area contributed by atoms with Crippen LogP contribution in [0.3, 0.4) is 0 Å². The van der Waals surface area contributed by atoms with Gasteiger partial charge < -0.3 is 10.6 Å². The van der Waals surface area contributed by atoms with E-state index in [4.69, 9.17) is 0 Å². The maximum Gasteiger partial charge on any atom is 0.269 e. The summed E-state index contributed by atoms with van der Waals surface area (Å²) in [6, 6.07) is 7.61. The fourth-order valence-corrected chi connectivity index (χ4v) is 2.72. The maximum absolute atomic E-state index is 10.7. The highest BCUT2D eigenvalue weighted by atomic mass is 16.6. The second-order valence-corrected chi connectivity index (χ2v) is 6.55. The Morgan fingerprint density at radius 2 is 1.76 bits per heavy atom. The average Bonchev–Trinajstić information content (AvgIpc) is 2.57. The number of hydrogen-bond donors (Lipinski definition) is 2. The zero-order valence-electron chi connectivity index (χ0n) is 16.0. The Kier molecular flexibility index (Phi) is 8.91. The first kappa shape index (κ1) is 20.9. The Labute approximate surface area is 150 Å².